The molecule has 1 atom stereocenters. The summed E-state index contributed by atoms with van der Waals surface area (Å²) in [6.07, 6.45) is -0.797. The molecule has 2 amide bonds. The first-order chi connectivity index (χ1) is 11.4. The lowest BCUT2D eigenvalue weighted by molar-refractivity contribution is -0.122. The molecule has 2 N–H and O–H groups in total. The molecule has 0 bridgehead atoms. The third kappa shape index (κ3) is 4.88. The van der Waals surface area contributed by atoms with Gasteiger partial charge in [0.15, 0.2) is 6.10 Å². The van der Waals surface area contributed by atoms with Gasteiger partial charge in [-0.2, -0.15) is 0 Å². The zero-order chi connectivity index (χ0) is 17.7. The van der Waals surface area contributed by atoms with Crippen LogP contribution in [0.1, 0.15) is 13.8 Å². The van der Waals surface area contributed by atoms with Crippen molar-refractivity contribution in [3.05, 3.63) is 52.5 Å². The third-order valence-corrected chi connectivity index (χ3v) is 3.59. The van der Waals surface area contributed by atoms with Crippen molar-refractivity contribution >= 4 is 46.4 Å². The molecule has 0 aromatic heterocycles. The van der Waals surface area contributed by atoms with E-state index in [1.165, 1.54) is 13.0 Å². The average Bonchev–Trinajstić information content (AvgIpc) is 2.51. The molecule has 5 nitrogen and oxygen atoms in total. The van der Waals surface area contributed by atoms with E-state index >= 15 is 0 Å². The van der Waals surface area contributed by atoms with Crippen molar-refractivity contribution < 1.29 is 14.3 Å². The first kappa shape index (κ1) is 18.1. The second-order valence-electron chi connectivity index (χ2n) is 5.05. The highest BCUT2D eigenvalue weighted by Crippen LogP contribution is 2.28. The molecule has 0 spiro atoms. The van der Waals surface area contributed by atoms with Gasteiger partial charge >= 0.3 is 0 Å². The minimum absolute atomic E-state index is 0.228. The van der Waals surface area contributed by atoms with Crippen LogP contribution in [0.4, 0.5) is 11.4 Å². The number of carbonyl (C=O) groups excluding carboxylic acids is 2. The van der Waals surface area contributed by atoms with Crippen LogP contribution in [0.5, 0.6) is 5.75 Å². The molecular weight excluding hydrogens is 351 g/mol. The number of carbonyl (C=O) groups is 2. The minimum atomic E-state index is -0.797. The highest BCUT2D eigenvalue weighted by molar-refractivity contribution is 6.35. The fourth-order valence-corrected chi connectivity index (χ4v) is 2.39. The van der Waals surface area contributed by atoms with Crippen LogP contribution in [0.3, 0.4) is 0 Å². The zero-order valence-electron chi connectivity index (χ0n) is 13.1. The Bertz CT molecular complexity index is 765. The van der Waals surface area contributed by atoms with Crippen LogP contribution in [-0.2, 0) is 9.59 Å². The summed E-state index contributed by atoms with van der Waals surface area (Å²) in [6.45, 7) is 2.99. The summed E-state index contributed by atoms with van der Waals surface area (Å²) in [6, 6.07) is 11.6. The minimum Gasteiger partial charge on any atom is -0.479 e. The van der Waals surface area contributed by atoms with Crippen molar-refractivity contribution in [2.75, 3.05) is 10.6 Å². The summed E-state index contributed by atoms with van der Waals surface area (Å²) in [5, 5.41) is 6.17. The predicted molar refractivity (Wildman–Crippen MR) is 95.9 cm³/mol. The Morgan fingerprint density at radius 1 is 1.04 bits per heavy atom. The van der Waals surface area contributed by atoms with Gasteiger partial charge in [-0.1, -0.05) is 35.3 Å². The summed E-state index contributed by atoms with van der Waals surface area (Å²) in [4.78, 5) is 23.5. The van der Waals surface area contributed by atoms with Gasteiger partial charge in [-0.25, -0.2) is 0 Å². The van der Waals surface area contributed by atoms with Crippen molar-refractivity contribution in [2.45, 2.75) is 20.0 Å². The van der Waals surface area contributed by atoms with Crippen LogP contribution in [0.2, 0.25) is 10.0 Å². The Morgan fingerprint density at radius 2 is 1.67 bits per heavy atom. The first-order valence-corrected chi connectivity index (χ1v) is 7.91. The van der Waals surface area contributed by atoms with Crippen molar-refractivity contribution in [1.29, 1.82) is 0 Å². The molecule has 0 aliphatic heterocycles. The Hall–Kier alpha value is -2.24. The molecule has 2 aromatic carbocycles. The van der Waals surface area contributed by atoms with Crippen LogP contribution in [0.15, 0.2) is 42.5 Å². The van der Waals surface area contributed by atoms with Gasteiger partial charge in [0, 0.05) is 11.9 Å². The molecule has 0 heterocycles. The summed E-state index contributed by atoms with van der Waals surface area (Å²) in [7, 11) is 0. The normalized spacial score (nSPS) is 11.5. The van der Waals surface area contributed by atoms with E-state index in [4.69, 9.17) is 27.9 Å². The van der Waals surface area contributed by atoms with Crippen LogP contribution < -0.4 is 15.4 Å². The summed E-state index contributed by atoms with van der Waals surface area (Å²) in [5.74, 6) is -0.244. The molecule has 0 radical (unpaired) electrons. The number of anilines is 2. The van der Waals surface area contributed by atoms with Gasteiger partial charge < -0.3 is 15.4 Å². The van der Waals surface area contributed by atoms with Gasteiger partial charge in [-0.05, 0) is 37.3 Å². The zero-order valence-corrected chi connectivity index (χ0v) is 14.6. The Balaban J connectivity index is 2.08. The van der Waals surface area contributed by atoms with E-state index in [0.717, 1.165) is 0 Å². The fraction of sp³-hybridized carbons (Fsp3) is 0.176. The van der Waals surface area contributed by atoms with Crippen molar-refractivity contribution in [3.63, 3.8) is 0 Å². The van der Waals surface area contributed by atoms with Crippen LogP contribution in [0.25, 0.3) is 0 Å². The van der Waals surface area contributed by atoms with E-state index in [1.807, 2.05) is 0 Å². The second-order valence-corrected chi connectivity index (χ2v) is 5.89. The maximum Gasteiger partial charge on any atom is 0.265 e. The van der Waals surface area contributed by atoms with Gasteiger partial charge in [-0.15, -0.1) is 0 Å². The molecule has 0 unspecified atom stereocenters. The van der Waals surface area contributed by atoms with Gasteiger partial charge in [0.25, 0.3) is 5.91 Å². The maximum atomic E-state index is 12.3. The number of halogens is 2. The van der Waals surface area contributed by atoms with Crippen LogP contribution in [-0.4, -0.2) is 17.9 Å². The number of benzene rings is 2. The van der Waals surface area contributed by atoms with E-state index in [0.29, 0.717) is 27.2 Å². The monoisotopic (exact) mass is 366 g/mol. The molecule has 0 aliphatic rings. The Kier molecular flexibility index (Phi) is 6.06. The van der Waals surface area contributed by atoms with Gasteiger partial charge in [0.2, 0.25) is 5.91 Å². The van der Waals surface area contributed by atoms with E-state index in [9.17, 15) is 9.59 Å². The molecule has 0 fully saturated rings. The molecule has 7 heteroatoms. The molecular formula is C17H16Cl2N2O3. The van der Waals surface area contributed by atoms with E-state index in [1.54, 1.807) is 43.3 Å². The highest BCUT2D eigenvalue weighted by Gasteiger charge is 2.17. The van der Waals surface area contributed by atoms with Gasteiger partial charge in [-0.3, -0.25) is 9.59 Å². The smallest absolute Gasteiger partial charge is 0.265 e. The molecule has 126 valence electrons. The quantitative estimate of drug-likeness (QED) is 0.825. The molecule has 0 saturated carbocycles. The number of hydrogen-bond donors (Lipinski definition) is 2. The van der Waals surface area contributed by atoms with Crippen LogP contribution >= 0.6 is 23.2 Å². The summed E-state index contributed by atoms with van der Waals surface area (Å²) < 4.78 is 5.57. The molecule has 2 aromatic rings. The van der Waals surface area contributed by atoms with Crippen molar-refractivity contribution in [2.24, 2.45) is 0 Å². The fourth-order valence-electron chi connectivity index (χ4n) is 1.94. The molecule has 0 saturated heterocycles. The summed E-state index contributed by atoms with van der Waals surface area (Å²) >= 11 is 11.9. The SMILES string of the molecule is CC(=O)Nc1ccccc1NC(=O)[C@H](C)Oc1ccc(Cl)cc1Cl. The van der Waals surface area contributed by atoms with E-state index < -0.39 is 6.10 Å². The highest BCUT2D eigenvalue weighted by atomic mass is 35.5. The number of nitrogens with one attached hydrogen (secondary N) is 2. The van der Waals surface area contributed by atoms with E-state index in [2.05, 4.69) is 10.6 Å². The second kappa shape index (κ2) is 8.04. The number of amides is 2. The molecule has 2 rings (SSSR count). The molecule has 0 aliphatic carbocycles. The Labute approximate surface area is 149 Å². The number of ether oxygens (including phenoxy) is 1. The van der Waals surface area contributed by atoms with Crippen LogP contribution in [0, 0.1) is 0 Å². The standard InChI is InChI=1S/C17H16Cl2N2O3/c1-10(24-16-8-7-12(18)9-13(16)19)17(23)21-15-6-4-3-5-14(15)20-11(2)22/h3-10H,1-2H3,(H,20,22)(H,21,23)/t10-/m0/s1. The topological polar surface area (TPSA) is 67.4 Å². The number of hydrogen-bond acceptors (Lipinski definition) is 3. The lowest BCUT2D eigenvalue weighted by Crippen LogP contribution is -2.30. The van der Waals surface area contributed by atoms with Gasteiger partial charge in [0.1, 0.15) is 5.75 Å². The Morgan fingerprint density at radius 3 is 2.25 bits per heavy atom. The predicted octanol–water partition coefficient (Wildman–Crippen LogP) is 4.36. The maximum absolute atomic E-state index is 12.3. The lowest BCUT2D eigenvalue weighted by Gasteiger charge is -2.17. The average molecular weight is 367 g/mol. The third-order valence-electron chi connectivity index (χ3n) is 3.06. The van der Waals surface area contributed by atoms with Crippen molar-refractivity contribution in [1.82, 2.24) is 0 Å². The van der Waals surface area contributed by atoms with Crippen molar-refractivity contribution in [3.8, 4) is 5.75 Å². The number of rotatable bonds is 5. The first-order valence-electron chi connectivity index (χ1n) is 7.16. The largest absolute Gasteiger partial charge is 0.479 e. The number of para-hydroxylation sites is 2. The van der Waals surface area contributed by atoms with Gasteiger partial charge in [0.05, 0.1) is 16.4 Å². The van der Waals surface area contributed by atoms with E-state index in [-0.39, 0.29) is 11.8 Å². The summed E-state index contributed by atoms with van der Waals surface area (Å²) in [5.41, 5.74) is 0.991. The molecule has 24 heavy (non-hydrogen) atoms. The lowest BCUT2D eigenvalue weighted by atomic mass is 10.2.